The summed E-state index contributed by atoms with van der Waals surface area (Å²) in [6.07, 6.45) is 1.15. The summed E-state index contributed by atoms with van der Waals surface area (Å²) < 4.78 is 4.74. The summed E-state index contributed by atoms with van der Waals surface area (Å²) in [5.41, 5.74) is 0.348. The standard InChI is InChI=1S/C13H20N4O4/c1-16-7-8(6-10(16)13(20)21-3)14-12(19)9-4-5-11(18)17(2)15-9/h8,10H,4-7H2,1-3H3,(H,14,19)/t8-,10-/m0/s1. The molecule has 0 unspecified atom stereocenters. The minimum atomic E-state index is -0.335. The van der Waals surface area contributed by atoms with Crippen molar-refractivity contribution in [1.82, 2.24) is 15.2 Å². The number of carbonyl (C=O) groups is 3. The van der Waals surface area contributed by atoms with E-state index in [4.69, 9.17) is 4.74 Å². The van der Waals surface area contributed by atoms with Crippen LogP contribution in [0, 0.1) is 0 Å². The van der Waals surface area contributed by atoms with Gasteiger partial charge in [-0.1, -0.05) is 0 Å². The quantitative estimate of drug-likeness (QED) is 0.672. The zero-order valence-corrected chi connectivity index (χ0v) is 12.5. The summed E-state index contributed by atoms with van der Waals surface area (Å²) in [7, 11) is 4.70. The van der Waals surface area contributed by atoms with E-state index in [0.29, 0.717) is 25.1 Å². The van der Waals surface area contributed by atoms with E-state index < -0.39 is 0 Å². The maximum atomic E-state index is 12.1. The molecule has 1 N–H and O–H groups in total. The molecule has 2 aliphatic heterocycles. The first-order valence-electron chi connectivity index (χ1n) is 6.85. The Morgan fingerprint density at radius 1 is 1.33 bits per heavy atom. The van der Waals surface area contributed by atoms with Gasteiger partial charge in [-0.15, -0.1) is 0 Å². The maximum absolute atomic E-state index is 12.1. The maximum Gasteiger partial charge on any atom is 0.323 e. The highest BCUT2D eigenvalue weighted by molar-refractivity contribution is 6.39. The van der Waals surface area contributed by atoms with E-state index in [-0.39, 0.29) is 36.3 Å². The van der Waals surface area contributed by atoms with E-state index in [9.17, 15) is 14.4 Å². The lowest BCUT2D eigenvalue weighted by molar-refractivity contribution is -0.145. The molecule has 0 aromatic heterocycles. The molecule has 2 atom stereocenters. The SMILES string of the molecule is COC(=O)[C@@H]1C[C@H](NC(=O)C2=NN(C)C(=O)CC2)CN1C. The summed E-state index contributed by atoms with van der Waals surface area (Å²) in [6.45, 7) is 0.577. The fourth-order valence-electron chi connectivity index (χ4n) is 2.62. The highest BCUT2D eigenvalue weighted by atomic mass is 16.5. The van der Waals surface area contributed by atoms with Gasteiger partial charge >= 0.3 is 5.97 Å². The van der Waals surface area contributed by atoms with E-state index in [1.807, 2.05) is 11.9 Å². The zero-order valence-electron chi connectivity index (χ0n) is 12.5. The van der Waals surface area contributed by atoms with Crippen LogP contribution in [0.25, 0.3) is 0 Å². The summed E-state index contributed by atoms with van der Waals surface area (Å²) in [5, 5.41) is 8.03. The van der Waals surface area contributed by atoms with Gasteiger partial charge in [0, 0.05) is 32.5 Å². The van der Waals surface area contributed by atoms with Crippen LogP contribution in [0.4, 0.5) is 0 Å². The van der Waals surface area contributed by atoms with Gasteiger partial charge in [-0.05, 0) is 13.5 Å². The van der Waals surface area contributed by atoms with Crippen LogP contribution in [0.5, 0.6) is 0 Å². The summed E-state index contributed by atoms with van der Waals surface area (Å²) in [6, 6.07) is -0.463. The number of nitrogens with one attached hydrogen (secondary N) is 1. The molecule has 0 saturated carbocycles. The topological polar surface area (TPSA) is 91.3 Å². The number of likely N-dealkylation sites (tertiary alicyclic amines) is 1. The number of hydrazone groups is 1. The van der Waals surface area contributed by atoms with Crippen LogP contribution >= 0.6 is 0 Å². The normalized spacial score (nSPS) is 26.5. The first-order valence-corrected chi connectivity index (χ1v) is 6.85. The second kappa shape index (κ2) is 6.21. The summed E-state index contributed by atoms with van der Waals surface area (Å²) >= 11 is 0. The van der Waals surface area contributed by atoms with Crippen LogP contribution in [0.1, 0.15) is 19.3 Å². The summed E-state index contributed by atoms with van der Waals surface area (Å²) in [5.74, 6) is -0.675. The van der Waals surface area contributed by atoms with Gasteiger partial charge < -0.3 is 10.1 Å². The number of ether oxygens (including phenoxy) is 1. The van der Waals surface area contributed by atoms with Crippen molar-refractivity contribution in [3.05, 3.63) is 0 Å². The van der Waals surface area contributed by atoms with Crippen LogP contribution in [0.3, 0.4) is 0 Å². The van der Waals surface area contributed by atoms with Crippen LogP contribution < -0.4 is 5.32 Å². The Morgan fingerprint density at radius 3 is 2.67 bits per heavy atom. The Balaban J connectivity index is 1.94. The molecule has 21 heavy (non-hydrogen) atoms. The predicted molar refractivity (Wildman–Crippen MR) is 74.4 cm³/mol. The van der Waals surface area contributed by atoms with Crippen molar-refractivity contribution in [1.29, 1.82) is 0 Å². The third-order valence-electron chi connectivity index (χ3n) is 3.83. The number of carbonyl (C=O) groups excluding carboxylic acids is 3. The number of rotatable bonds is 3. The Bertz CT molecular complexity index is 491. The largest absolute Gasteiger partial charge is 0.468 e. The first kappa shape index (κ1) is 15.4. The van der Waals surface area contributed by atoms with Gasteiger partial charge in [0.1, 0.15) is 11.8 Å². The minimum Gasteiger partial charge on any atom is -0.468 e. The number of amides is 2. The number of methoxy groups -OCH3 is 1. The second-order valence-electron chi connectivity index (χ2n) is 5.35. The molecule has 2 aliphatic rings. The van der Waals surface area contributed by atoms with Crippen molar-refractivity contribution in [2.75, 3.05) is 27.7 Å². The molecule has 0 aromatic rings. The lowest BCUT2D eigenvalue weighted by Gasteiger charge is -2.20. The Kier molecular flexibility index (Phi) is 4.56. The Hall–Kier alpha value is -1.96. The molecule has 8 heteroatoms. The molecule has 0 bridgehead atoms. The van der Waals surface area contributed by atoms with E-state index in [0.717, 1.165) is 0 Å². The third-order valence-corrected chi connectivity index (χ3v) is 3.83. The van der Waals surface area contributed by atoms with Crippen molar-refractivity contribution in [2.24, 2.45) is 5.10 Å². The molecule has 0 radical (unpaired) electrons. The first-order chi connectivity index (χ1) is 9.92. The molecule has 1 fully saturated rings. The van der Waals surface area contributed by atoms with Gasteiger partial charge in [0.25, 0.3) is 5.91 Å². The van der Waals surface area contributed by atoms with Gasteiger partial charge in [-0.3, -0.25) is 19.3 Å². The van der Waals surface area contributed by atoms with E-state index in [2.05, 4.69) is 10.4 Å². The van der Waals surface area contributed by atoms with Crippen molar-refractivity contribution in [3.63, 3.8) is 0 Å². The van der Waals surface area contributed by atoms with Crippen molar-refractivity contribution < 1.29 is 19.1 Å². The fourth-order valence-corrected chi connectivity index (χ4v) is 2.62. The Morgan fingerprint density at radius 2 is 2.05 bits per heavy atom. The van der Waals surface area contributed by atoms with Crippen molar-refractivity contribution in [3.8, 4) is 0 Å². The van der Waals surface area contributed by atoms with Gasteiger partial charge in [0.15, 0.2) is 0 Å². The van der Waals surface area contributed by atoms with Crippen molar-refractivity contribution >= 4 is 23.5 Å². The molecule has 2 heterocycles. The highest BCUT2D eigenvalue weighted by Crippen LogP contribution is 2.17. The molecule has 0 aromatic carbocycles. The van der Waals surface area contributed by atoms with Gasteiger partial charge in [0.05, 0.1) is 7.11 Å². The average molecular weight is 296 g/mol. The molecule has 8 nitrogen and oxygen atoms in total. The molecular formula is C13H20N4O4. The van der Waals surface area contributed by atoms with Gasteiger partial charge in [-0.2, -0.15) is 5.10 Å². The molecule has 116 valence electrons. The smallest absolute Gasteiger partial charge is 0.323 e. The van der Waals surface area contributed by atoms with E-state index >= 15 is 0 Å². The number of likely N-dealkylation sites (N-methyl/N-ethyl adjacent to an activating group) is 1. The molecule has 0 aliphatic carbocycles. The lowest BCUT2D eigenvalue weighted by Crippen LogP contribution is -2.43. The molecule has 1 saturated heterocycles. The molecule has 2 amide bonds. The Labute approximate surface area is 123 Å². The van der Waals surface area contributed by atoms with Crippen LogP contribution in [-0.2, 0) is 19.1 Å². The monoisotopic (exact) mass is 296 g/mol. The van der Waals surface area contributed by atoms with Gasteiger partial charge in [-0.25, -0.2) is 5.01 Å². The number of nitrogens with zero attached hydrogens (tertiary/aromatic N) is 3. The second-order valence-corrected chi connectivity index (χ2v) is 5.35. The van der Waals surface area contributed by atoms with Crippen LogP contribution in [0.15, 0.2) is 5.10 Å². The average Bonchev–Trinajstić information content (AvgIpc) is 2.81. The summed E-state index contributed by atoms with van der Waals surface area (Å²) in [4.78, 5) is 36.9. The van der Waals surface area contributed by atoms with E-state index in [1.54, 1.807) is 0 Å². The highest BCUT2D eigenvalue weighted by Gasteiger charge is 2.36. The molecular weight excluding hydrogens is 276 g/mol. The predicted octanol–water partition coefficient (Wildman–Crippen LogP) is -1.04. The zero-order chi connectivity index (χ0) is 15.6. The van der Waals surface area contributed by atoms with Crippen LogP contribution in [0.2, 0.25) is 0 Å². The van der Waals surface area contributed by atoms with E-state index in [1.165, 1.54) is 19.2 Å². The minimum absolute atomic E-state index is 0.0992. The third kappa shape index (κ3) is 3.38. The number of hydrogen-bond acceptors (Lipinski definition) is 6. The number of esters is 1. The van der Waals surface area contributed by atoms with Crippen molar-refractivity contribution in [2.45, 2.75) is 31.3 Å². The molecule has 2 rings (SSSR count). The lowest BCUT2D eigenvalue weighted by atomic mass is 10.1. The fraction of sp³-hybridized carbons (Fsp3) is 0.692. The van der Waals surface area contributed by atoms with Crippen LogP contribution in [-0.4, -0.2) is 73.2 Å². The van der Waals surface area contributed by atoms with Gasteiger partial charge in [0.2, 0.25) is 5.91 Å². The number of hydrogen-bond donors (Lipinski definition) is 1. The molecule has 0 spiro atoms.